The first-order valence-corrected chi connectivity index (χ1v) is 6.29. The number of ether oxygens (including phenoxy) is 1. The van der Waals surface area contributed by atoms with E-state index in [1.807, 2.05) is 19.1 Å². The zero-order chi connectivity index (χ0) is 13.5. The topological polar surface area (TPSA) is 67.4 Å². The average Bonchev–Trinajstić information content (AvgIpc) is 2.34. The Kier molecular flexibility index (Phi) is 5.64. The van der Waals surface area contributed by atoms with Gasteiger partial charge in [0, 0.05) is 10.9 Å². The summed E-state index contributed by atoms with van der Waals surface area (Å²) in [5.74, 6) is -0.0162. The lowest BCUT2D eigenvalue weighted by atomic mass is 10.2. The van der Waals surface area contributed by atoms with Crippen molar-refractivity contribution in [2.45, 2.75) is 20.3 Å². The molecule has 1 rings (SSSR count). The monoisotopic (exact) mass is 314 g/mol. The minimum Gasteiger partial charge on any atom is -0.483 e. The lowest BCUT2D eigenvalue weighted by Gasteiger charge is -2.10. The number of nitrogens with one attached hydrogen (secondary N) is 2. The zero-order valence-corrected chi connectivity index (χ0v) is 11.8. The highest BCUT2D eigenvalue weighted by atomic mass is 79.9. The highest BCUT2D eigenvalue weighted by molar-refractivity contribution is 9.10. The Morgan fingerprint density at radius 1 is 1.28 bits per heavy atom. The van der Waals surface area contributed by atoms with E-state index in [4.69, 9.17) is 4.74 Å². The maximum Gasteiger partial charge on any atom is 0.276 e. The number of hydrogen-bond acceptors (Lipinski definition) is 3. The van der Waals surface area contributed by atoms with Crippen LogP contribution in [0.2, 0.25) is 0 Å². The molecule has 0 spiro atoms. The molecule has 0 aliphatic rings. The summed E-state index contributed by atoms with van der Waals surface area (Å²) >= 11 is 3.34. The zero-order valence-electron chi connectivity index (χ0n) is 10.2. The predicted molar refractivity (Wildman–Crippen MR) is 71.0 cm³/mol. The highest BCUT2D eigenvalue weighted by Gasteiger charge is 2.05. The fourth-order valence-electron chi connectivity index (χ4n) is 1.18. The molecule has 2 amide bonds. The van der Waals surface area contributed by atoms with Crippen LogP contribution in [0.25, 0.3) is 0 Å². The molecule has 0 saturated heterocycles. The summed E-state index contributed by atoms with van der Waals surface area (Å²) in [5, 5.41) is 0. The van der Waals surface area contributed by atoms with E-state index in [-0.39, 0.29) is 12.5 Å². The van der Waals surface area contributed by atoms with Crippen LogP contribution >= 0.6 is 15.9 Å². The fourth-order valence-corrected chi connectivity index (χ4v) is 1.66. The largest absolute Gasteiger partial charge is 0.483 e. The minimum atomic E-state index is -0.404. The van der Waals surface area contributed by atoms with Crippen molar-refractivity contribution in [3.05, 3.63) is 28.2 Å². The standard InChI is InChI=1S/C12H15BrN2O3/c1-3-11(16)14-15-12(17)7-18-10-5-4-9(13)6-8(10)2/h4-6H,3,7H2,1-2H3,(H,14,16)(H,15,17). The summed E-state index contributed by atoms with van der Waals surface area (Å²) < 4.78 is 6.29. The SMILES string of the molecule is CCC(=O)NNC(=O)COc1ccc(Br)cc1C. The van der Waals surface area contributed by atoms with E-state index in [9.17, 15) is 9.59 Å². The Balaban J connectivity index is 2.40. The van der Waals surface area contributed by atoms with E-state index < -0.39 is 5.91 Å². The van der Waals surface area contributed by atoms with Gasteiger partial charge in [-0.1, -0.05) is 22.9 Å². The Bertz CT molecular complexity index is 449. The number of aryl methyl sites for hydroxylation is 1. The molecule has 98 valence electrons. The molecule has 0 radical (unpaired) electrons. The van der Waals surface area contributed by atoms with Crippen molar-refractivity contribution in [3.8, 4) is 5.75 Å². The molecule has 18 heavy (non-hydrogen) atoms. The molecule has 0 heterocycles. The second-order valence-corrected chi connectivity index (χ2v) is 4.56. The lowest BCUT2D eigenvalue weighted by Crippen LogP contribution is -2.43. The van der Waals surface area contributed by atoms with Crippen molar-refractivity contribution < 1.29 is 14.3 Å². The Hall–Kier alpha value is -1.56. The van der Waals surface area contributed by atoms with E-state index in [1.165, 1.54) is 0 Å². The number of carbonyl (C=O) groups is 2. The molecule has 0 aromatic heterocycles. The second kappa shape index (κ2) is 7.00. The quantitative estimate of drug-likeness (QED) is 0.831. The molecule has 0 atom stereocenters. The number of benzene rings is 1. The Morgan fingerprint density at radius 2 is 1.94 bits per heavy atom. The van der Waals surface area contributed by atoms with Gasteiger partial charge in [-0.05, 0) is 30.7 Å². The molecule has 1 aromatic carbocycles. The highest BCUT2D eigenvalue weighted by Crippen LogP contribution is 2.21. The van der Waals surface area contributed by atoms with E-state index in [1.54, 1.807) is 13.0 Å². The molecule has 0 aliphatic heterocycles. The average molecular weight is 315 g/mol. The summed E-state index contributed by atoms with van der Waals surface area (Å²) in [7, 11) is 0. The van der Waals surface area contributed by atoms with E-state index >= 15 is 0 Å². The number of rotatable bonds is 4. The fraction of sp³-hybridized carbons (Fsp3) is 0.333. The Labute approximate surface area is 114 Å². The predicted octanol–water partition coefficient (Wildman–Crippen LogP) is 1.69. The van der Waals surface area contributed by atoms with Crippen molar-refractivity contribution in [2.75, 3.05) is 6.61 Å². The number of carbonyl (C=O) groups excluding carboxylic acids is 2. The van der Waals surface area contributed by atoms with Gasteiger partial charge in [0.05, 0.1) is 0 Å². The summed E-state index contributed by atoms with van der Waals surface area (Å²) in [4.78, 5) is 22.3. The van der Waals surface area contributed by atoms with Crippen LogP contribution < -0.4 is 15.6 Å². The maximum atomic E-state index is 11.4. The van der Waals surface area contributed by atoms with Crippen LogP contribution in [0.3, 0.4) is 0 Å². The summed E-state index contributed by atoms with van der Waals surface area (Å²) in [6, 6.07) is 5.50. The molecular formula is C12H15BrN2O3. The van der Waals surface area contributed by atoms with Crippen LogP contribution in [0.15, 0.2) is 22.7 Å². The van der Waals surface area contributed by atoms with Gasteiger partial charge in [-0.25, -0.2) is 0 Å². The van der Waals surface area contributed by atoms with Crippen LogP contribution in [0.4, 0.5) is 0 Å². The number of hydrazine groups is 1. The molecule has 0 aliphatic carbocycles. The minimum absolute atomic E-state index is 0.146. The number of halogens is 1. The molecule has 0 saturated carbocycles. The van der Waals surface area contributed by atoms with Gasteiger partial charge in [0.15, 0.2) is 6.61 Å². The number of amides is 2. The van der Waals surface area contributed by atoms with Gasteiger partial charge in [0.2, 0.25) is 5.91 Å². The van der Waals surface area contributed by atoms with E-state index in [0.29, 0.717) is 12.2 Å². The normalized spacial score (nSPS) is 9.72. The number of hydrogen-bond donors (Lipinski definition) is 2. The van der Waals surface area contributed by atoms with Gasteiger partial charge in [0.25, 0.3) is 5.91 Å². The first-order chi connectivity index (χ1) is 8.52. The first-order valence-electron chi connectivity index (χ1n) is 5.49. The third-order valence-corrected chi connectivity index (χ3v) is 2.65. The van der Waals surface area contributed by atoms with Crippen molar-refractivity contribution in [3.63, 3.8) is 0 Å². The van der Waals surface area contributed by atoms with Crippen LogP contribution in [0, 0.1) is 6.92 Å². The van der Waals surface area contributed by atoms with Crippen LogP contribution in [0.5, 0.6) is 5.75 Å². The van der Waals surface area contributed by atoms with Gasteiger partial charge in [-0.15, -0.1) is 0 Å². The first kappa shape index (κ1) is 14.5. The molecule has 0 bridgehead atoms. The smallest absolute Gasteiger partial charge is 0.276 e. The van der Waals surface area contributed by atoms with Gasteiger partial charge in [-0.3, -0.25) is 20.4 Å². The summed E-state index contributed by atoms with van der Waals surface area (Å²) in [6.07, 6.45) is 0.312. The van der Waals surface area contributed by atoms with Crippen molar-refractivity contribution in [1.82, 2.24) is 10.9 Å². The molecule has 5 nitrogen and oxygen atoms in total. The molecule has 0 unspecified atom stereocenters. The molecule has 1 aromatic rings. The van der Waals surface area contributed by atoms with Crippen LogP contribution in [0.1, 0.15) is 18.9 Å². The second-order valence-electron chi connectivity index (χ2n) is 3.65. The lowest BCUT2D eigenvalue weighted by molar-refractivity contribution is -0.129. The molecule has 6 heteroatoms. The summed E-state index contributed by atoms with van der Waals surface area (Å²) in [5.41, 5.74) is 5.45. The van der Waals surface area contributed by atoms with Crippen molar-refractivity contribution in [1.29, 1.82) is 0 Å². The Morgan fingerprint density at radius 3 is 2.56 bits per heavy atom. The molecule has 2 N–H and O–H groups in total. The third kappa shape index (κ3) is 4.75. The van der Waals surface area contributed by atoms with Crippen LogP contribution in [-0.2, 0) is 9.59 Å². The van der Waals surface area contributed by atoms with Gasteiger partial charge in [0.1, 0.15) is 5.75 Å². The third-order valence-electron chi connectivity index (χ3n) is 2.16. The van der Waals surface area contributed by atoms with Crippen LogP contribution in [-0.4, -0.2) is 18.4 Å². The molecular weight excluding hydrogens is 300 g/mol. The van der Waals surface area contributed by atoms with E-state index in [0.717, 1.165) is 10.0 Å². The van der Waals surface area contributed by atoms with Gasteiger partial charge >= 0.3 is 0 Å². The van der Waals surface area contributed by atoms with Gasteiger partial charge in [-0.2, -0.15) is 0 Å². The van der Waals surface area contributed by atoms with Crippen molar-refractivity contribution >= 4 is 27.7 Å². The summed E-state index contributed by atoms with van der Waals surface area (Å²) in [6.45, 7) is 3.44. The maximum absolute atomic E-state index is 11.4. The van der Waals surface area contributed by atoms with Gasteiger partial charge < -0.3 is 4.74 Å². The molecule has 0 fully saturated rings. The van der Waals surface area contributed by atoms with E-state index in [2.05, 4.69) is 26.8 Å². The van der Waals surface area contributed by atoms with Crippen molar-refractivity contribution in [2.24, 2.45) is 0 Å².